The van der Waals surface area contributed by atoms with Gasteiger partial charge in [0.1, 0.15) is 5.92 Å². The van der Waals surface area contributed by atoms with Gasteiger partial charge in [-0.05, 0) is 46.5 Å². The topological polar surface area (TPSA) is 76.1 Å². The third-order valence-electron chi connectivity index (χ3n) is 5.95. The molecule has 0 unspecified atom stereocenters. The first-order valence-corrected chi connectivity index (χ1v) is 11.5. The quantitative estimate of drug-likeness (QED) is 0.464. The summed E-state index contributed by atoms with van der Waals surface area (Å²) < 4.78 is 10.8. The molecule has 0 fully saturated rings. The van der Waals surface area contributed by atoms with E-state index in [0.29, 0.717) is 40.9 Å². The van der Waals surface area contributed by atoms with Crippen LogP contribution in [0.15, 0.2) is 54.6 Å². The number of fused-ring (bicyclic) bond motifs is 2. The average molecular weight is 498 g/mol. The first-order valence-electron chi connectivity index (χ1n) is 10.3. The Morgan fingerprint density at radius 1 is 1.03 bits per heavy atom. The molecule has 0 saturated heterocycles. The van der Waals surface area contributed by atoms with Gasteiger partial charge >= 0.3 is 5.97 Å². The fourth-order valence-corrected chi connectivity index (χ4v) is 4.72. The van der Waals surface area contributed by atoms with Gasteiger partial charge < -0.3 is 19.5 Å². The molecule has 32 heavy (non-hydrogen) atoms. The van der Waals surface area contributed by atoms with Gasteiger partial charge in [0, 0.05) is 17.4 Å². The highest BCUT2D eigenvalue weighted by molar-refractivity contribution is 9.09. The van der Waals surface area contributed by atoms with Crippen LogP contribution < -0.4 is 9.47 Å². The molecular weight excluding hydrogens is 474 g/mol. The van der Waals surface area contributed by atoms with Crippen molar-refractivity contribution in [3.8, 4) is 11.5 Å². The number of carbonyl (C=O) groups is 2. The molecule has 0 bridgehead atoms. The van der Waals surface area contributed by atoms with Gasteiger partial charge in [-0.15, -0.1) is 0 Å². The summed E-state index contributed by atoms with van der Waals surface area (Å²) in [5, 5.41) is 13.1. The van der Waals surface area contributed by atoms with Crippen LogP contribution in [0.4, 0.5) is 0 Å². The maximum atomic E-state index is 13.6. The molecule has 4 rings (SSSR count). The van der Waals surface area contributed by atoms with Crippen LogP contribution in [0.1, 0.15) is 39.9 Å². The van der Waals surface area contributed by atoms with Crippen molar-refractivity contribution in [3.63, 3.8) is 0 Å². The molecule has 1 aliphatic heterocycles. The van der Waals surface area contributed by atoms with Crippen molar-refractivity contribution in [3.05, 3.63) is 71.3 Å². The minimum absolute atomic E-state index is 0.211. The van der Waals surface area contributed by atoms with Crippen LogP contribution in [0.3, 0.4) is 0 Å². The Balaban J connectivity index is 1.94. The fraction of sp³-hybridized carbons (Fsp3) is 0.280. The van der Waals surface area contributed by atoms with Crippen LogP contribution in [0, 0.1) is 0 Å². The molecule has 0 aromatic heterocycles. The zero-order valence-corrected chi connectivity index (χ0v) is 19.5. The lowest BCUT2D eigenvalue weighted by Crippen LogP contribution is -2.45. The van der Waals surface area contributed by atoms with Gasteiger partial charge in [0.15, 0.2) is 11.5 Å². The largest absolute Gasteiger partial charge is 0.493 e. The number of alkyl halides is 1. The van der Waals surface area contributed by atoms with E-state index >= 15 is 0 Å². The SMILES string of the molecule is COc1cc2c(cc1OC)[C@@H](C(=O)O)[C@@H](c1ccc3ccccc3c1)N(CCCBr)C2=O. The summed E-state index contributed by atoms with van der Waals surface area (Å²) in [6, 6.07) is 16.4. The third kappa shape index (κ3) is 3.81. The molecule has 7 heteroatoms. The minimum Gasteiger partial charge on any atom is -0.493 e. The molecule has 0 spiro atoms. The fourth-order valence-electron chi connectivity index (χ4n) is 4.47. The van der Waals surface area contributed by atoms with Crippen LogP contribution >= 0.6 is 15.9 Å². The molecular formula is C25H24BrNO5. The van der Waals surface area contributed by atoms with Crippen molar-refractivity contribution >= 4 is 38.6 Å². The van der Waals surface area contributed by atoms with Gasteiger partial charge in [-0.1, -0.05) is 52.3 Å². The Bertz CT molecular complexity index is 1180. The number of nitrogens with zero attached hydrogens (tertiary/aromatic N) is 1. The maximum absolute atomic E-state index is 13.6. The van der Waals surface area contributed by atoms with E-state index in [2.05, 4.69) is 15.9 Å². The molecule has 6 nitrogen and oxygen atoms in total. The van der Waals surface area contributed by atoms with Crippen molar-refractivity contribution in [1.29, 1.82) is 0 Å². The van der Waals surface area contributed by atoms with Crippen LogP contribution in [-0.4, -0.2) is 48.0 Å². The van der Waals surface area contributed by atoms with Crippen LogP contribution in [-0.2, 0) is 4.79 Å². The second-order valence-electron chi connectivity index (χ2n) is 7.70. The van der Waals surface area contributed by atoms with E-state index in [4.69, 9.17) is 9.47 Å². The van der Waals surface area contributed by atoms with Gasteiger partial charge in [-0.2, -0.15) is 0 Å². The standard InChI is InChI=1S/C25H24BrNO5/c1-31-20-13-18-19(14-21(20)32-2)24(28)27(11-5-10-26)23(22(18)25(29)30)17-9-8-15-6-3-4-7-16(15)12-17/h3-4,6-9,12-14,22-23H,5,10-11H2,1-2H3,(H,29,30)/t22-,23-/m1/s1. The Morgan fingerprint density at radius 3 is 2.38 bits per heavy atom. The number of ether oxygens (including phenoxy) is 2. The summed E-state index contributed by atoms with van der Waals surface area (Å²) in [4.78, 5) is 27.9. The van der Waals surface area contributed by atoms with E-state index in [9.17, 15) is 14.7 Å². The van der Waals surface area contributed by atoms with E-state index < -0.39 is 17.9 Å². The Kier molecular flexibility index (Phi) is 6.37. The number of aliphatic carboxylic acids is 1. The molecule has 0 saturated carbocycles. The van der Waals surface area contributed by atoms with Crippen LogP contribution in [0.2, 0.25) is 0 Å². The van der Waals surface area contributed by atoms with Gasteiger partial charge in [0.05, 0.1) is 20.3 Å². The van der Waals surface area contributed by atoms with E-state index in [-0.39, 0.29) is 5.91 Å². The number of hydrogen-bond donors (Lipinski definition) is 1. The molecule has 1 N–H and O–H groups in total. The molecule has 1 aliphatic rings. The zero-order valence-electron chi connectivity index (χ0n) is 17.9. The highest BCUT2D eigenvalue weighted by atomic mass is 79.9. The number of benzene rings is 3. The zero-order chi connectivity index (χ0) is 22.8. The monoisotopic (exact) mass is 497 g/mol. The lowest BCUT2D eigenvalue weighted by Gasteiger charge is -2.41. The summed E-state index contributed by atoms with van der Waals surface area (Å²) in [5.74, 6) is -1.35. The van der Waals surface area contributed by atoms with E-state index in [0.717, 1.165) is 16.3 Å². The maximum Gasteiger partial charge on any atom is 0.313 e. The number of amides is 1. The number of halogens is 1. The lowest BCUT2D eigenvalue weighted by atomic mass is 9.79. The molecule has 2 atom stereocenters. The van der Waals surface area contributed by atoms with Gasteiger partial charge in [0.25, 0.3) is 5.91 Å². The predicted molar refractivity (Wildman–Crippen MR) is 126 cm³/mol. The number of methoxy groups -OCH3 is 2. The van der Waals surface area contributed by atoms with E-state index in [1.54, 1.807) is 17.0 Å². The van der Waals surface area contributed by atoms with Gasteiger partial charge in [-0.3, -0.25) is 9.59 Å². The molecule has 3 aromatic carbocycles. The highest BCUT2D eigenvalue weighted by Gasteiger charge is 2.45. The van der Waals surface area contributed by atoms with E-state index in [1.807, 2.05) is 42.5 Å². The van der Waals surface area contributed by atoms with Gasteiger partial charge in [-0.25, -0.2) is 0 Å². The second-order valence-corrected chi connectivity index (χ2v) is 8.50. The Morgan fingerprint density at radius 2 is 1.72 bits per heavy atom. The summed E-state index contributed by atoms with van der Waals surface area (Å²) in [6.07, 6.45) is 0.699. The average Bonchev–Trinajstić information content (AvgIpc) is 2.81. The normalized spacial score (nSPS) is 17.8. The van der Waals surface area contributed by atoms with E-state index in [1.165, 1.54) is 14.2 Å². The van der Waals surface area contributed by atoms with Crippen molar-refractivity contribution in [2.45, 2.75) is 18.4 Å². The molecule has 3 aromatic rings. The molecule has 0 aliphatic carbocycles. The van der Waals surface area contributed by atoms with Crippen molar-refractivity contribution < 1.29 is 24.2 Å². The lowest BCUT2D eigenvalue weighted by molar-refractivity contribution is -0.140. The highest BCUT2D eigenvalue weighted by Crippen LogP contribution is 2.46. The summed E-state index contributed by atoms with van der Waals surface area (Å²) >= 11 is 3.43. The number of hydrogen-bond acceptors (Lipinski definition) is 4. The molecule has 0 radical (unpaired) electrons. The van der Waals surface area contributed by atoms with Crippen molar-refractivity contribution in [2.24, 2.45) is 0 Å². The molecule has 1 heterocycles. The van der Waals surface area contributed by atoms with Gasteiger partial charge in [0.2, 0.25) is 0 Å². The number of carboxylic acids is 1. The van der Waals surface area contributed by atoms with Crippen molar-refractivity contribution in [1.82, 2.24) is 4.90 Å². The first kappa shape index (κ1) is 22.1. The Hall–Kier alpha value is -3.06. The first-order chi connectivity index (χ1) is 15.5. The number of carboxylic acid groups (broad SMARTS) is 1. The summed E-state index contributed by atoms with van der Waals surface area (Å²) in [6.45, 7) is 0.430. The third-order valence-corrected chi connectivity index (χ3v) is 6.51. The smallest absolute Gasteiger partial charge is 0.313 e. The van der Waals surface area contributed by atoms with Crippen molar-refractivity contribution in [2.75, 3.05) is 26.1 Å². The molecule has 166 valence electrons. The number of carbonyl (C=O) groups excluding carboxylic acids is 1. The Labute approximate surface area is 194 Å². The summed E-state index contributed by atoms with van der Waals surface area (Å²) in [5.41, 5.74) is 1.56. The van der Waals surface area contributed by atoms with Crippen LogP contribution in [0.5, 0.6) is 11.5 Å². The minimum atomic E-state index is -0.993. The molecule has 1 amide bonds. The summed E-state index contributed by atoms with van der Waals surface area (Å²) in [7, 11) is 2.99. The predicted octanol–water partition coefficient (Wildman–Crippen LogP) is 5.01. The second kappa shape index (κ2) is 9.20. The van der Waals surface area contributed by atoms with Crippen LogP contribution in [0.25, 0.3) is 10.8 Å². The number of rotatable bonds is 7.